The summed E-state index contributed by atoms with van der Waals surface area (Å²) in [6.07, 6.45) is -3.07. The predicted octanol–water partition coefficient (Wildman–Crippen LogP) is 3.21. The molecule has 2 N–H and O–H groups in total. The van der Waals surface area contributed by atoms with Crippen molar-refractivity contribution >= 4 is 23.5 Å². The Morgan fingerprint density at radius 2 is 1.71 bits per heavy atom. The fourth-order valence-electron chi connectivity index (χ4n) is 4.81. The lowest BCUT2D eigenvalue weighted by Gasteiger charge is -2.31. The highest BCUT2D eigenvalue weighted by Crippen LogP contribution is 2.25. The van der Waals surface area contributed by atoms with Crippen LogP contribution in [0.4, 0.5) is 13.2 Å². The number of ether oxygens (including phenoxy) is 1. The number of amides is 3. The Hall–Kier alpha value is -3.90. The van der Waals surface area contributed by atoms with Crippen molar-refractivity contribution in [1.82, 2.24) is 25.3 Å². The van der Waals surface area contributed by atoms with Crippen LogP contribution in [0.15, 0.2) is 30.5 Å². The summed E-state index contributed by atoms with van der Waals surface area (Å²) < 4.78 is 46.1. The van der Waals surface area contributed by atoms with E-state index in [4.69, 9.17) is 4.74 Å². The number of benzene rings is 1. The SMILES string of the molecule is COc1cccc(-n2ncc(C(=O)N[C@H](C(=O)N3CCC[C@H]3C(=O)N[C@H](C(=O)C(F)(F)F)C(C)C)C(C)C)c2C)c1. The van der Waals surface area contributed by atoms with Crippen molar-refractivity contribution in [2.45, 2.75) is 71.8 Å². The number of nitrogens with one attached hydrogen (secondary N) is 2. The number of carbonyl (C=O) groups is 4. The van der Waals surface area contributed by atoms with Gasteiger partial charge >= 0.3 is 6.18 Å². The van der Waals surface area contributed by atoms with Crippen molar-refractivity contribution in [2.75, 3.05) is 13.7 Å². The van der Waals surface area contributed by atoms with Gasteiger partial charge in [-0.3, -0.25) is 19.2 Å². The summed E-state index contributed by atoms with van der Waals surface area (Å²) in [4.78, 5) is 53.1. The zero-order valence-electron chi connectivity index (χ0n) is 23.9. The maximum Gasteiger partial charge on any atom is 0.452 e. The number of Topliss-reactive ketones (excluding diaryl/α,β-unsaturated/α-hetero) is 1. The van der Waals surface area contributed by atoms with Gasteiger partial charge in [-0.05, 0) is 43.7 Å². The van der Waals surface area contributed by atoms with E-state index in [1.54, 1.807) is 49.7 Å². The molecule has 0 radical (unpaired) electrons. The number of hydrogen-bond acceptors (Lipinski definition) is 6. The van der Waals surface area contributed by atoms with Crippen molar-refractivity contribution in [3.8, 4) is 11.4 Å². The molecular weight excluding hydrogens is 543 g/mol. The first-order valence-electron chi connectivity index (χ1n) is 13.4. The van der Waals surface area contributed by atoms with Gasteiger partial charge in [0.15, 0.2) is 0 Å². The van der Waals surface area contributed by atoms with E-state index in [0.29, 0.717) is 23.6 Å². The van der Waals surface area contributed by atoms with E-state index in [1.807, 2.05) is 0 Å². The second-order valence-corrected chi connectivity index (χ2v) is 10.7. The van der Waals surface area contributed by atoms with Crippen LogP contribution in [-0.4, -0.2) is 76.1 Å². The number of ketones is 1. The molecule has 1 fully saturated rings. The first-order valence-corrected chi connectivity index (χ1v) is 13.4. The zero-order valence-corrected chi connectivity index (χ0v) is 23.9. The fourth-order valence-corrected chi connectivity index (χ4v) is 4.81. The van der Waals surface area contributed by atoms with Crippen molar-refractivity contribution < 1.29 is 37.1 Å². The molecule has 2 aromatic rings. The van der Waals surface area contributed by atoms with Crippen LogP contribution in [0.2, 0.25) is 0 Å². The summed E-state index contributed by atoms with van der Waals surface area (Å²) in [5, 5.41) is 9.27. The second kappa shape index (κ2) is 12.7. The molecule has 1 saturated heterocycles. The largest absolute Gasteiger partial charge is 0.497 e. The number of nitrogens with zero attached hydrogens (tertiary/aromatic N) is 3. The Balaban J connectivity index is 1.78. The van der Waals surface area contributed by atoms with E-state index in [2.05, 4.69) is 15.7 Å². The van der Waals surface area contributed by atoms with Crippen LogP contribution in [0, 0.1) is 18.8 Å². The molecule has 1 aliphatic rings. The summed E-state index contributed by atoms with van der Waals surface area (Å²) in [5.74, 6) is -4.54. The van der Waals surface area contributed by atoms with Gasteiger partial charge in [-0.25, -0.2) is 4.68 Å². The summed E-state index contributed by atoms with van der Waals surface area (Å²) in [6.45, 7) is 8.16. The van der Waals surface area contributed by atoms with Crippen LogP contribution in [0.3, 0.4) is 0 Å². The number of halogens is 3. The molecule has 0 saturated carbocycles. The Bertz CT molecular complexity index is 1290. The minimum atomic E-state index is -5.11. The van der Waals surface area contributed by atoms with Gasteiger partial charge in [0.25, 0.3) is 11.7 Å². The summed E-state index contributed by atoms with van der Waals surface area (Å²) in [7, 11) is 1.54. The average molecular weight is 580 g/mol. The minimum absolute atomic E-state index is 0.183. The Labute approximate surface area is 236 Å². The predicted molar refractivity (Wildman–Crippen MR) is 144 cm³/mol. The number of hydrogen-bond donors (Lipinski definition) is 2. The van der Waals surface area contributed by atoms with Crippen LogP contribution in [0.1, 0.15) is 56.6 Å². The molecule has 0 aliphatic carbocycles. The first kappa shape index (κ1) is 31.6. The molecule has 41 heavy (non-hydrogen) atoms. The first-order chi connectivity index (χ1) is 19.2. The lowest BCUT2D eigenvalue weighted by atomic mass is 9.98. The number of rotatable bonds is 10. The highest BCUT2D eigenvalue weighted by Gasteiger charge is 2.46. The Morgan fingerprint density at radius 1 is 1.05 bits per heavy atom. The third-order valence-corrected chi connectivity index (χ3v) is 7.14. The maximum absolute atomic E-state index is 13.6. The summed E-state index contributed by atoms with van der Waals surface area (Å²) in [5.41, 5.74) is 1.44. The van der Waals surface area contributed by atoms with Gasteiger partial charge in [0.1, 0.15) is 17.8 Å². The Kier molecular flexibility index (Phi) is 9.82. The number of likely N-dealkylation sites (tertiary alicyclic amines) is 1. The topological polar surface area (TPSA) is 123 Å². The molecule has 10 nitrogen and oxygen atoms in total. The van der Waals surface area contributed by atoms with Gasteiger partial charge in [-0.1, -0.05) is 33.8 Å². The number of aromatic nitrogens is 2. The highest BCUT2D eigenvalue weighted by molar-refractivity contribution is 6.00. The molecule has 3 rings (SSSR count). The molecule has 0 bridgehead atoms. The van der Waals surface area contributed by atoms with Crippen LogP contribution in [0.5, 0.6) is 5.75 Å². The number of methoxy groups -OCH3 is 1. The van der Waals surface area contributed by atoms with Gasteiger partial charge in [-0.2, -0.15) is 18.3 Å². The summed E-state index contributed by atoms with van der Waals surface area (Å²) in [6, 6.07) is 3.26. The van der Waals surface area contributed by atoms with Crippen LogP contribution >= 0.6 is 0 Å². The third-order valence-electron chi connectivity index (χ3n) is 7.14. The van der Waals surface area contributed by atoms with E-state index in [1.165, 1.54) is 32.1 Å². The monoisotopic (exact) mass is 579 g/mol. The summed E-state index contributed by atoms with van der Waals surface area (Å²) >= 11 is 0. The molecule has 0 spiro atoms. The van der Waals surface area contributed by atoms with E-state index in [-0.39, 0.29) is 24.4 Å². The molecule has 1 aromatic carbocycles. The smallest absolute Gasteiger partial charge is 0.452 e. The third kappa shape index (κ3) is 7.06. The quantitative estimate of drug-likeness (QED) is 0.446. The van der Waals surface area contributed by atoms with Crippen molar-refractivity contribution in [1.29, 1.82) is 0 Å². The van der Waals surface area contributed by atoms with Gasteiger partial charge in [0, 0.05) is 12.6 Å². The molecule has 13 heteroatoms. The van der Waals surface area contributed by atoms with Crippen LogP contribution in [-0.2, 0) is 14.4 Å². The maximum atomic E-state index is 13.6. The zero-order chi connectivity index (χ0) is 30.6. The lowest BCUT2D eigenvalue weighted by molar-refractivity contribution is -0.175. The molecule has 1 aromatic heterocycles. The molecule has 3 amide bonds. The van der Waals surface area contributed by atoms with Crippen molar-refractivity contribution in [3.05, 3.63) is 41.7 Å². The average Bonchev–Trinajstić information content (AvgIpc) is 3.55. The molecule has 0 unspecified atom stereocenters. The Morgan fingerprint density at radius 3 is 2.29 bits per heavy atom. The fraction of sp³-hybridized carbons (Fsp3) is 0.536. The van der Waals surface area contributed by atoms with Gasteiger partial charge in [0.2, 0.25) is 11.8 Å². The van der Waals surface area contributed by atoms with Crippen LogP contribution < -0.4 is 15.4 Å². The molecular formula is C28H36F3N5O5. The lowest BCUT2D eigenvalue weighted by Crippen LogP contribution is -2.58. The van der Waals surface area contributed by atoms with Crippen molar-refractivity contribution in [3.63, 3.8) is 0 Å². The number of alkyl halides is 3. The molecule has 3 atom stereocenters. The van der Waals surface area contributed by atoms with E-state index < -0.39 is 53.7 Å². The van der Waals surface area contributed by atoms with E-state index >= 15 is 0 Å². The second-order valence-electron chi connectivity index (χ2n) is 10.7. The molecule has 1 aliphatic heterocycles. The van der Waals surface area contributed by atoms with Gasteiger partial charge in [-0.15, -0.1) is 0 Å². The normalized spacial score (nSPS) is 17.0. The minimum Gasteiger partial charge on any atom is -0.497 e. The van der Waals surface area contributed by atoms with E-state index in [0.717, 1.165) is 0 Å². The van der Waals surface area contributed by atoms with Gasteiger partial charge in [0.05, 0.1) is 36.3 Å². The molecule has 224 valence electrons. The molecule has 2 heterocycles. The highest BCUT2D eigenvalue weighted by atomic mass is 19.4. The van der Waals surface area contributed by atoms with Gasteiger partial charge < -0.3 is 20.3 Å². The standard InChI is InChI=1S/C28H36F3N5O5/c1-15(2)22(24(37)28(29,30)31)33-26(39)21-11-8-12-35(21)27(40)23(16(3)4)34-25(38)20-14-32-36(17(20)5)18-9-7-10-19(13-18)41-6/h7,9-10,13-16,21-23H,8,11-12H2,1-6H3,(H,33,39)(H,34,38)/t21-,22-,23-/m0/s1. The van der Waals surface area contributed by atoms with Crippen LogP contribution in [0.25, 0.3) is 5.69 Å². The van der Waals surface area contributed by atoms with Crippen molar-refractivity contribution in [2.24, 2.45) is 11.8 Å². The number of carbonyl (C=O) groups excluding carboxylic acids is 4. The van der Waals surface area contributed by atoms with E-state index in [9.17, 15) is 32.3 Å².